The van der Waals surface area contributed by atoms with Gasteiger partial charge in [-0.25, -0.2) is 4.68 Å². The van der Waals surface area contributed by atoms with E-state index in [4.69, 9.17) is 0 Å². The first-order valence-electron chi connectivity index (χ1n) is 8.75. The molecule has 1 fully saturated rings. The Morgan fingerprint density at radius 3 is 2.63 bits per heavy atom. The standard InChI is InChI=1S/C19H20F3N3O2/c1-12-6-5-9-24(11-12)18(27)17-16(26)10-13(2)25(23-17)15-8-4-3-7-14(15)19(20,21)22/h3-4,7-8,10,12H,5-6,9,11H2,1-2H3/t12-/m1/s1. The maximum Gasteiger partial charge on any atom is 0.418 e. The minimum absolute atomic E-state index is 0.219. The first-order valence-corrected chi connectivity index (χ1v) is 8.75. The number of halogens is 3. The summed E-state index contributed by atoms with van der Waals surface area (Å²) in [5.74, 6) is -0.230. The van der Waals surface area contributed by atoms with Crippen LogP contribution in [0.3, 0.4) is 0 Å². The van der Waals surface area contributed by atoms with Crippen molar-refractivity contribution in [2.75, 3.05) is 13.1 Å². The summed E-state index contributed by atoms with van der Waals surface area (Å²) in [5.41, 5.74) is -1.82. The van der Waals surface area contributed by atoms with Crippen molar-refractivity contribution in [1.29, 1.82) is 0 Å². The van der Waals surface area contributed by atoms with Crippen LogP contribution in [0.4, 0.5) is 13.2 Å². The molecule has 0 N–H and O–H groups in total. The number of carbonyl (C=O) groups excluding carboxylic acids is 1. The molecule has 1 aromatic carbocycles. The molecule has 1 amide bonds. The predicted molar refractivity (Wildman–Crippen MR) is 93.9 cm³/mol. The van der Waals surface area contributed by atoms with Crippen molar-refractivity contribution in [2.24, 2.45) is 5.92 Å². The van der Waals surface area contributed by atoms with Gasteiger partial charge in [0.1, 0.15) is 0 Å². The van der Waals surface area contributed by atoms with Crippen LogP contribution in [-0.2, 0) is 6.18 Å². The summed E-state index contributed by atoms with van der Waals surface area (Å²) in [6.07, 6.45) is -2.77. The van der Waals surface area contributed by atoms with Crippen molar-refractivity contribution in [1.82, 2.24) is 14.7 Å². The highest BCUT2D eigenvalue weighted by atomic mass is 19.4. The monoisotopic (exact) mass is 379 g/mol. The lowest BCUT2D eigenvalue weighted by Gasteiger charge is -2.30. The highest BCUT2D eigenvalue weighted by Gasteiger charge is 2.34. The molecular weight excluding hydrogens is 359 g/mol. The molecule has 0 unspecified atom stereocenters. The van der Waals surface area contributed by atoms with Crippen molar-refractivity contribution in [3.63, 3.8) is 0 Å². The molecule has 0 saturated carbocycles. The number of nitrogens with zero attached hydrogens (tertiary/aromatic N) is 3. The van der Waals surface area contributed by atoms with Gasteiger partial charge >= 0.3 is 6.18 Å². The minimum Gasteiger partial charge on any atom is -0.337 e. The van der Waals surface area contributed by atoms with Gasteiger partial charge in [0.25, 0.3) is 5.91 Å². The van der Waals surface area contributed by atoms with Crippen LogP contribution in [-0.4, -0.2) is 33.7 Å². The van der Waals surface area contributed by atoms with Crippen LogP contribution >= 0.6 is 0 Å². The lowest BCUT2D eigenvalue weighted by atomic mass is 10.00. The van der Waals surface area contributed by atoms with E-state index in [2.05, 4.69) is 5.10 Å². The highest BCUT2D eigenvalue weighted by molar-refractivity contribution is 5.92. The third kappa shape index (κ3) is 3.89. The van der Waals surface area contributed by atoms with E-state index in [1.165, 1.54) is 25.1 Å². The van der Waals surface area contributed by atoms with Gasteiger partial charge < -0.3 is 4.90 Å². The number of alkyl halides is 3. The van der Waals surface area contributed by atoms with Crippen molar-refractivity contribution < 1.29 is 18.0 Å². The molecule has 0 spiro atoms. The maximum atomic E-state index is 13.4. The molecule has 8 heteroatoms. The summed E-state index contributed by atoms with van der Waals surface area (Å²) in [5, 5.41) is 4.03. The number of rotatable bonds is 2. The zero-order chi connectivity index (χ0) is 19.8. The summed E-state index contributed by atoms with van der Waals surface area (Å²) < 4.78 is 41.1. The summed E-state index contributed by atoms with van der Waals surface area (Å²) >= 11 is 0. The van der Waals surface area contributed by atoms with Crippen molar-refractivity contribution >= 4 is 5.91 Å². The Morgan fingerprint density at radius 2 is 1.96 bits per heavy atom. The number of para-hydroxylation sites is 1. The van der Waals surface area contributed by atoms with Gasteiger partial charge in [0.15, 0.2) is 5.69 Å². The van der Waals surface area contributed by atoms with E-state index < -0.39 is 23.1 Å². The fourth-order valence-electron chi connectivity index (χ4n) is 3.36. The molecule has 5 nitrogen and oxygen atoms in total. The van der Waals surface area contributed by atoms with E-state index in [9.17, 15) is 22.8 Å². The second-order valence-electron chi connectivity index (χ2n) is 6.92. The van der Waals surface area contributed by atoms with Gasteiger partial charge in [-0.1, -0.05) is 19.1 Å². The number of amides is 1. The molecule has 0 radical (unpaired) electrons. The van der Waals surface area contributed by atoms with Crippen molar-refractivity contribution in [3.05, 3.63) is 57.5 Å². The van der Waals surface area contributed by atoms with Crippen LogP contribution in [0.1, 0.15) is 41.5 Å². The Bertz CT molecular complexity index is 921. The number of benzene rings is 1. The molecule has 0 bridgehead atoms. The first-order chi connectivity index (χ1) is 12.7. The highest BCUT2D eigenvalue weighted by Crippen LogP contribution is 2.33. The number of carbonyl (C=O) groups is 1. The summed E-state index contributed by atoms with van der Waals surface area (Å²) in [6, 6.07) is 6.11. The number of aryl methyl sites for hydroxylation is 1. The van der Waals surface area contributed by atoms with Gasteiger partial charge in [-0.3, -0.25) is 9.59 Å². The molecule has 1 aliphatic heterocycles. The number of piperidine rings is 1. The van der Waals surface area contributed by atoms with E-state index in [0.717, 1.165) is 29.7 Å². The quantitative estimate of drug-likeness (QED) is 0.803. The fraction of sp³-hybridized carbons (Fsp3) is 0.421. The molecule has 0 aliphatic carbocycles. The normalized spacial score (nSPS) is 17.8. The number of likely N-dealkylation sites (tertiary alicyclic amines) is 1. The summed E-state index contributed by atoms with van der Waals surface area (Å²) in [7, 11) is 0. The SMILES string of the molecule is Cc1cc(=O)c(C(=O)N2CCC[C@@H](C)C2)nn1-c1ccccc1C(F)(F)F. The Hall–Kier alpha value is -2.64. The van der Waals surface area contributed by atoms with Crippen LogP contribution in [0.15, 0.2) is 35.1 Å². The Balaban J connectivity index is 2.09. The zero-order valence-corrected chi connectivity index (χ0v) is 15.1. The van der Waals surface area contributed by atoms with Crippen LogP contribution in [0.25, 0.3) is 5.69 Å². The average Bonchev–Trinajstić information content (AvgIpc) is 2.60. The lowest BCUT2D eigenvalue weighted by Crippen LogP contribution is -2.42. The van der Waals surface area contributed by atoms with E-state index >= 15 is 0 Å². The molecule has 144 valence electrons. The number of hydrogen-bond donors (Lipinski definition) is 0. The van der Waals surface area contributed by atoms with E-state index in [0.29, 0.717) is 19.0 Å². The largest absolute Gasteiger partial charge is 0.418 e. The van der Waals surface area contributed by atoms with Crippen LogP contribution < -0.4 is 5.43 Å². The number of aromatic nitrogens is 2. The third-order valence-electron chi connectivity index (χ3n) is 4.69. The molecule has 2 aromatic rings. The molecule has 1 aromatic heterocycles. The summed E-state index contributed by atoms with van der Waals surface area (Å²) in [6.45, 7) is 4.52. The molecular formula is C19H20F3N3O2. The van der Waals surface area contributed by atoms with Gasteiger partial charge in [0.2, 0.25) is 5.43 Å². The van der Waals surface area contributed by atoms with Gasteiger partial charge in [-0.05, 0) is 37.8 Å². The molecule has 3 rings (SSSR count). The Morgan fingerprint density at radius 1 is 1.26 bits per heavy atom. The number of hydrogen-bond acceptors (Lipinski definition) is 3. The van der Waals surface area contributed by atoms with E-state index in [1.807, 2.05) is 6.92 Å². The third-order valence-corrected chi connectivity index (χ3v) is 4.69. The van der Waals surface area contributed by atoms with Gasteiger partial charge in [-0.15, -0.1) is 0 Å². The van der Waals surface area contributed by atoms with Crippen LogP contribution in [0.5, 0.6) is 0 Å². The van der Waals surface area contributed by atoms with Crippen LogP contribution in [0, 0.1) is 12.8 Å². The van der Waals surface area contributed by atoms with Gasteiger partial charge in [-0.2, -0.15) is 18.3 Å². The molecule has 2 heterocycles. The predicted octanol–water partition coefficient (Wildman–Crippen LogP) is 3.43. The molecule has 27 heavy (non-hydrogen) atoms. The molecule has 1 aliphatic rings. The van der Waals surface area contributed by atoms with Gasteiger partial charge in [0, 0.05) is 24.8 Å². The first kappa shape index (κ1) is 19.1. The maximum absolute atomic E-state index is 13.4. The average molecular weight is 379 g/mol. The van der Waals surface area contributed by atoms with Crippen LogP contribution in [0.2, 0.25) is 0 Å². The molecule has 1 atom stereocenters. The van der Waals surface area contributed by atoms with Crippen molar-refractivity contribution in [3.8, 4) is 5.69 Å². The summed E-state index contributed by atoms with van der Waals surface area (Å²) in [4.78, 5) is 26.6. The van der Waals surface area contributed by atoms with E-state index in [1.54, 1.807) is 4.90 Å². The van der Waals surface area contributed by atoms with Crippen molar-refractivity contribution in [2.45, 2.75) is 32.9 Å². The topological polar surface area (TPSA) is 55.2 Å². The zero-order valence-electron chi connectivity index (χ0n) is 15.1. The molecule has 1 saturated heterocycles. The smallest absolute Gasteiger partial charge is 0.337 e. The van der Waals surface area contributed by atoms with Gasteiger partial charge in [0.05, 0.1) is 11.3 Å². The second kappa shape index (κ2) is 7.17. The lowest BCUT2D eigenvalue weighted by molar-refractivity contribution is -0.137. The van der Waals surface area contributed by atoms with E-state index in [-0.39, 0.29) is 17.1 Å². The Labute approximate surface area is 154 Å². The minimum atomic E-state index is -4.58. The second-order valence-corrected chi connectivity index (χ2v) is 6.92. The Kier molecular flexibility index (Phi) is 5.08. The fourth-order valence-corrected chi connectivity index (χ4v) is 3.36.